The van der Waals surface area contributed by atoms with Gasteiger partial charge >= 0.3 is 0 Å². The number of benzene rings is 2. The molecule has 3 rings (SSSR count). The number of hydrogen-bond acceptors (Lipinski definition) is 4. The number of carbonyl (C=O) groups excluding carboxylic acids is 2. The Morgan fingerprint density at radius 1 is 1.10 bits per heavy atom. The average Bonchev–Trinajstić information content (AvgIpc) is 2.70. The quantitative estimate of drug-likeness (QED) is 0.699. The maximum atomic E-state index is 12.2. The molecule has 3 N–H and O–H groups in total. The van der Waals surface area contributed by atoms with Gasteiger partial charge in [0.05, 0.1) is 29.2 Å². The SMILES string of the molecule is NC(=O)c1ccc(CC(=O)NC[C@H]2CN(Cc3ccc(Cl)c(Cl)c3)CCO2)cc1. The summed E-state index contributed by atoms with van der Waals surface area (Å²) in [5.41, 5.74) is 7.55. The number of primary amides is 1. The number of carbonyl (C=O) groups is 2. The number of rotatable bonds is 7. The van der Waals surface area contributed by atoms with Gasteiger partial charge in [0.2, 0.25) is 11.8 Å². The highest BCUT2D eigenvalue weighted by molar-refractivity contribution is 6.42. The molecule has 1 aliphatic rings. The second kappa shape index (κ2) is 10.1. The minimum absolute atomic E-state index is 0.0762. The fourth-order valence-corrected chi connectivity index (χ4v) is 3.53. The van der Waals surface area contributed by atoms with Crippen LogP contribution in [0.25, 0.3) is 0 Å². The van der Waals surface area contributed by atoms with Crippen LogP contribution >= 0.6 is 23.2 Å². The summed E-state index contributed by atoms with van der Waals surface area (Å²) in [4.78, 5) is 25.6. The van der Waals surface area contributed by atoms with E-state index in [4.69, 9.17) is 33.7 Å². The monoisotopic (exact) mass is 435 g/mol. The van der Waals surface area contributed by atoms with Crippen molar-refractivity contribution in [2.45, 2.75) is 19.1 Å². The summed E-state index contributed by atoms with van der Waals surface area (Å²) >= 11 is 12.1. The third-order valence-electron chi connectivity index (χ3n) is 4.74. The Morgan fingerprint density at radius 3 is 2.52 bits per heavy atom. The Balaban J connectivity index is 1.45. The van der Waals surface area contributed by atoms with E-state index in [0.29, 0.717) is 35.3 Å². The summed E-state index contributed by atoms with van der Waals surface area (Å²) in [6.45, 7) is 3.33. The zero-order chi connectivity index (χ0) is 20.8. The molecule has 2 aromatic carbocycles. The van der Waals surface area contributed by atoms with E-state index in [1.807, 2.05) is 12.1 Å². The largest absolute Gasteiger partial charge is 0.374 e. The molecular formula is C21H23Cl2N3O3. The van der Waals surface area contributed by atoms with Gasteiger partial charge in [-0.1, -0.05) is 41.4 Å². The summed E-state index contributed by atoms with van der Waals surface area (Å²) in [7, 11) is 0. The lowest BCUT2D eigenvalue weighted by molar-refractivity contribution is -0.121. The third-order valence-corrected chi connectivity index (χ3v) is 5.48. The van der Waals surface area contributed by atoms with E-state index in [9.17, 15) is 9.59 Å². The first-order valence-electron chi connectivity index (χ1n) is 9.34. The van der Waals surface area contributed by atoms with Crippen LogP contribution in [0.1, 0.15) is 21.5 Å². The summed E-state index contributed by atoms with van der Waals surface area (Å²) in [5.74, 6) is -0.581. The summed E-state index contributed by atoms with van der Waals surface area (Å²) in [6, 6.07) is 12.3. The standard InChI is InChI=1S/C21H23Cl2N3O3/c22-18-6-3-15(9-19(18)23)12-26-7-8-29-17(13-26)11-25-20(27)10-14-1-4-16(5-2-14)21(24)28/h1-6,9,17H,7-8,10-13H2,(H2,24,28)(H,25,27)/t17-/m0/s1. The van der Waals surface area contributed by atoms with Crippen molar-refractivity contribution in [3.05, 3.63) is 69.2 Å². The Morgan fingerprint density at radius 2 is 1.83 bits per heavy atom. The van der Waals surface area contributed by atoms with Crippen LogP contribution in [-0.2, 0) is 22.5 Å². The highest BCUT2D eigenvalue weighted by Gasteiger charge is 2.21. The number of amides is 2. The Kier molecular flexibility index (Phi) is 7.50. The summed E-state index contributed by atoms with van der Waals surface area (Å²) < 4.78 is 5.78. The van der Waals surface area contributed by atoms with Crippen LogP contribution in [0.3, 0.4) is 0 Å². The van der Waals surface area contributed by atoms with Gasteiger partial charge in [-0.2, -0.15) is 0 Å². The molecule has 154 valence electrons. The zero-order valence-corrected chi connectivity index (χ0v) is 17.4. The molecule has 0 aliphatic carbocycles. The van der Waals surface area contributed by atoms with Gasteiger partial charge in [0.15, 0.2) is 0 Å². The molecule has 0 radical (unpaired) electrons. The normalized spacial score (nSPS) is 17.1. The van der Waals surface area contributed by atoms with Gasteiger partial charge in [0.25, 0.3) is 0 Å². The lowest BCUT2D eigenvalue weighted by Gasteiger charge is -2.33. The van der Waals surface area contributed by atoms with E-state index in [-0.39, 0.29) is 18.4 Å². The van der Waals surface area contributed by atoms with Gasteiger partial charge in [-0.05, 0) is 35.4 Å². The number of morpholine rings is 1. The van der Waals surface area contributed by atoms with Gasteiger partial charge in [-0.15, -0.1) is 0 Å². The second-order valence-corrected chi connectivity index (χ2v) is 7.83. The molecule has 0 aromatic heterocycles. The molecule has 0 spiro atoms. The highest BCUT2D eigenvalue weighted by atomic mass is 35.5. The van der Waals surface area contributed by atoms with Crippen LogP contribution < -0.4 is 11.1 Å². The maximum Gasteiger partial charge on any atom is 0.248 e. The number of nitrogens with zero attached hydrogens (tertiary/aromatic N) is 1. The lowest BCUT2D eigenvalue weighted by atomic mass is 10.1. The molecule has 1 heterocycles. The van der Waals surface area contributed by atoms with E-state index < -0.39 is 5.91 Å². The molecule has 0 bridgehead atoms. The molecule has 2 aromatic rings. The fraction of sp³-hybridized carbons (Fsp3) is 0.333. The summed E-state index contributed by atoms with van der Waals surface area (Å²) in [5, 5.41) is 4.01. The second-order valence-electron chi connectivity index (χ2n) is 7.02. The van der Waals surface area contributed by atoms with Crippen LogP contribution in [0.2, 0.25) is 10.0 Å². The fourth-order valence-electron chi connectivity index (χ4n) is 3.21. The summed E-state index contributed by atoms with van der Waals surface area (Å²) in [6.07, 6.45) is 0.159. The molecule has 8 heteroatoms. The third kappa shape index (κ3) is 6.44. The van der Waals surface area contributed by atoms with Crippen molar-refractivity contribution in [3.63, 3.8) is 0 Å². The minimum Gasteiger partial charge on any atom is -0.374 e. The molecule has 0 unspecified atom stereocenters. The van der Waals surface area contributed by atoms with E-state index in [1.165, 1.54) is 0 Å². The van der Waals surface area contributed by atoms with Crippen LogP contribution in [0.5, 0.6) is 0 Å². The Hall–Kier alpha value is -2.12. The smallest absolute Gasteiger partial charge is 0.248 e. The maximum absolute atomic E-state index is 12.2. The first kappa shape index (κ1) is 21.6. The van der Waals surface area contributed by atoms with Gasteiger partial charge in [-0.3, -0.25) is 14.5 Å². The van der Waals surface area contributed by atoms with Crippen molar-refractivity contribution in [1.29, 1.82) is 0 Å². The number of ether oxygens (including phenoxy) is 1. The molecule has 29 heavy (non-hydrogen) atoms. The van der Waals surface area contributed by atoms with Crippen LogP contribution in [0, 0.1) is 0 Å². The molecular weight excluding hydrogens is 413 g/mol. The van der Waals surface area contributed by atoms with Gasteiger partial charge < -0.3 is 15.8 Å². The lowest BCUT2D eigenvalue weighted by Crippen LogP contribution is -2.47. The predicted octanol–water partition coefficient (Wildman–Crippen LogP) is 2.65. The predicted molar refractivity (Wildman–Crippen MR) is 113 cm³/mol. The van der Waals surface area contributed by atoms with Crippen molar-refractivity contribution >= 4 is 35.0 Å². The first-order chi connectivity index (χ1) is 13.9. The molecule has 6 nitrogen and oxygen atoms in total. The van der Waals surface area contributed by atoms with Gasteiger partial charge in [0.1, 0.15) is 0 Å². The molecule has 2 amide bonds. The van der Waals surface area contributed by atoms with Crippen molar-refractivity contribution in [2.75, 3.05) is 26.2 Å². The number of nitrogens with two attached hydrogens (primary N) is 1. The topological polar surface area (TPSA) is 84.7 Å². The van der Waals surface area contributed by atoms with Gasteiger partial charge in [-0.25, -0.2) is 0 Å². The molecule has 0 saturated carbocycles. The molecule has 1 atom stereocenters. The molecule has 1 fully saturated rings. The van der Waals surface area contributed by atoms with Crippen LogP contribution in [0.4, 0.5) is 0 Å². The van der Waals surface area contributed by atoms with Crippen LogP contribution in [0.15, 0.2) is 42.5 Å². The van der Waals surface area contributed by atoms with Crippen molar-refractivity contribution in [2.24, 2.45) is 5.73 Å². The Labute approximate surface area is 179 Å². The first-order valence-corrected chi connectivity index (χ1v) is 10.1. The molecule has 1 aliphatic heterocycles. The van der Waals surface area contributed by atoms with Gasteiger partial charge in [0, 0.05) is 31.7 Å². The Bertz CT molecular complexity index is 874. The van der Waals surface area contributed by atoms with Crippen molar-refractivity contribution in [3.8, 4) is 0 Å². The van der Waals surface area contributed by atoms with E-state index in [0.717, 1.165) is 24.2 Å². The van der Waals surface area contributed by atoms with Crippen molar-refractivity contribution in [1.82, 2.24) is 10.2 Å². The van der Waals surface area contributed by atoms with E-state index in [1.54, 1.807) is 30.3 Å². The number of hydrogen-bond donors (Lipinski definition) is 2. The highest BCUT2D eigenvalue weighted by Crippen LogP contribution is 2.23. The average molecular weight is 436 g/mol. The number of halogens is 2. The zero-order valence-electron chi connectivity index (χ0n) is 15.9. The van der Waals surface area contributed by atoms with Crippen molar-refractivity contribution < 1.29 is 14.3 Å². The van der Waals surface area contributed by atoms with Crippen LogP contribution in [-0.4, -0.2) is 49.1 Å². The minimum atomic E-state index is -0.485. The van der Waals surface area contributed by atoms with E-state index >= 15 is 0 Å². The van der Waals surface area contributed by atoms with E-state index in [2.05, 4.69) is 10.2 Å². The number of nitrogens with one attached hydrogen (secondary N) is 1. The molecule has 1 saturated heterocycles.